The first kappa shape index (κ1) is 31.4. The maximum Gasteiger partial charge on any atom is 0.350 e. The van der Waals surface area contributed by atoms with Crippen LogP contribution in [0.3, 0.4) is 0 Å². The molecule has 0 aliphatic rings. The number of benzene rings is 1. The minimum Gasteiger partial charge on any atom is -0.327 e. The third-order valence-corrected chi connectivity index (χ3v) is 8.60. The summed E-state index contributed by atoms with van der Waals surface area (Å²) >= 11 is 0. The van der Waals surface area contributed by atoms with Crippen molar-refractivity contribution in [1.29, 1.82) is 0 Å². The molecular formula is C33H47N5O4. The van der Waals surface area contributed by atoms with Gasteiger partial charge in [0.2, 0.25) is 0 Å². The summed E-state index contributed by atoms with van der Waals surface area (Å²) in [6.45, 7) is 2.86. The monoisotopic (exact) mass is 577 g/mol. The second-order valence-corrected chi connectivity index (χ2v) is 11.8. The van der Waals surface area contributed by atoms with E-state index in [4.69, 9.17) is 0 Å². The van der Waals surface area contributed by atoms with Gasteiger partial charge in [-0.05, 0) is 24.6 Å². The molecule has 4 rings (SSSR count). The summed E-state index contributed by atoms with van der Waals surface area (Å²) in [6, 6.07) is 5.11. The van der Waals surface area contributed by atoms with Crippen molar-refractivity contribution in [2.24, 2.45) is 14.1 Å². The SMILES string of the molecule is CCCCCCCCCCCCCCCCCCn1c2cc3nc(=O)n(C)c(=O)c3cc2cc2c(=O)n(C)c(=O)[nH]c21. The molecule has 0 amide bonds. The number of unbranched alkanes of at least 4 members (excludes halogenated alkanes) is 15. The van der Waals surface area contributed by atoms with Crippen LogP contribution in [-0.4, -0.2) is 23.7 Å². The number of aromatic amines is 1. The molecule has 0 saturated carbocycles. The van der Waals surface area contributed by atoms with Gasteiger partial charge in [-0.25, -0.2) is 9.59 Å². The van der Waals surface area contributed by atoms with E-state index in [9.17, 15) is 19.2 Å². The van der Waals surface area contributed by atoms with E-state index < -0.39 is 22.5 Å². The number of aromatic nitrogens is 5. The van der Waals surface area contributed by atoms with Crippen LogP contribution in [0.15, 0.2) is 37.4 Å². The fourth-order valence-electron chi connectivity index (χ4n) is 5.95. The van der Waals surface area contributed by atoms with E-state index in [2.05, 4.69) is 16.9 Å². The van der Waals surface area contributed by atoms with Crippen molar-refractivity contribution in [2.45, 2.75) is 116 Å². The highest BCUT2D eigenvalue weighted by atomic mass is 16.2. The summed E-state index contributed by atoms with van der Waals surface area (Å²) in [7, 11) is 2.85. The van der Waals surface area contributed by atoms with Gasteiger partial charge in [0, 0.05) is 26.0 Å². The van der Waals surface area contributed by atoms with Gasteiger partial charge < -0.3 is 4.57 Å². The van der Waals surface area contributed by atoms with Crippen LogP contribution in [0.1, 0.15) is 110 Å². The number of nitrogens with zero attached hydrogens (tertiary/aromatic N) is 4. The number of fused-ring (bicyclic) bond motifs is 3. The first-order valence-corrected chi connectivity index (χ1v) is 16.0. The number of aryl methyl sites for hydroxylation is 1. The highest BCUT2D eigenvalue weighted by Crippen LogP contribution is 2.24. The van der Waals surface area contributed by atoms with Crippen LogP contribution in [0.4, 0.5) is 0 Å². The molecule has 9 heteroatoms. The molecule has 42 heavy (non-hydrogen) atoms. The molecule has 0 aliphatic carbocycles. The summed E-state index contributed by atoms with van der Waals surface area (Å²) in [5, 5.41) is 1.39. The molecule has 0 fully saturated rings. The van der Waals surface area contributed by atoms with Gasteiger partial charge in [0.25, 0.3) is 11.1 Å². The molecule has 3 heterocycles. The lowest BCUT2D eigenvalue weighted by atomic mass is 10.0. The van der Waals surface area contributed by atoms with E-state index in [0.717, 1.165) is 33.9 Å². The van der Waals surface area contributed by atoms with Gasteiger partial charge in [-0.1, -0.05) is 103 Å². The zero-order chi connectivity index (χ0) is 30.1. The molecule has 228 valence electrons. The Bertz CT molecular complexity index is 1740. The van der Waals surface area contributed by atoms with Crippen molar-refractivity contribution < 1.29 is 0 Å². The maximum absolute atomic E-state index is 13.0. The topological polar surface area (TPSA) is 112 Å². The largest absolute Gasteiger partial charge is 0.350 e. The first-order valence-electron chi connectivity index (χ1n) is 16.0. The molecule has 4 aromatic rings. The number of H-pyrrole nitrogens is 1. The Hall–Kier alpha value is -3.49. The van der Waals surface area contributed by atoms with E-state index in [1.165, 1.54) is 97.6 Å². The van der Waals surface area contributed by atoms with Crippen LogP contribution in [0, 0.1) is 0 Å². The Morgan fingerprint density at radius 2 is 1.14 bits per heavy atom. The molecule has 0 atom stereocenters. The van der Waals surface area contributed by atoms with E-state index in [1.807, 2.05) is 4.57 Å². The first-order chi connectivity index (χ1) is 20.3. The fraction of sp³-hybridized carbons (Fsp3) is 0.606. The third-order valence-electron chi connectivity index (χ3n) is 8.60. The predicted octanol–water partition coefficient (Wildman–Crippen LogP) is 6.05. The van der Waals surface area contributed by atoms with Gasteiger partial charge in [-0.3, -0.25) is 23.7 Å². The van der Waals surface area contributed by atoms with Crippen molar-refractivity contribution in [2.75, 3.05) is 0 Å². The zero-order valence-electron chi connectivity index (χ0n) is 25.7. The molecular weight excluding hydrogens is 530 g/mol. The van der Waals surface area contributed by atoms with E-state index in [1.54, 1.807) is 18.2 Å². The normalized spacial score (nSPS) is 11.8. The maximum atomic E-state index is 13.0. The molecule has 9 nitrogen and oxygen atoms in total. The molecule has 1 aromatic carbocycles. The Kier molecular flexibility index (Phi) is 11.3. The van der Waals surface area contributed by atoms with Crippen LogP contribution in [-0.2, 0) is 20.6 Å². The Balaban J connectivity index is 1.36. The molecule has 0 unspecified atom stereocenters. The van der Waals surface area contributed by atoms with Crippen molar-refractivity contribution >= 4 is 32.8 Å². The number of nitrogens with one attached hydrogen (secondary N) is 1. The lowest BCUT2D eigenvalue weighted by molar-refractivity contribution is 0.523. The Morgan fingerprint density at radius 1 is 0.643 bits per heavy atom. The fourth-order valence-corrected chi connectivity index (χ4v) is 5.95. The van der Waals surface area contributed by atoms with Gasteiger partial charge in [0.05, 0.1) is 21.8 Å². The summed E-state index contributed by atoms with van der Waals surface area (Å²) in [5.41, 5.74) is -0.437. The van der Waals surface area contributed by atoms with Crippen LogP contribution >= 0.6 is 0 Å². The minimum absolute atomic E-state index is 0.307. The summed E-state index contributed by atoms with van der Waals surface area (Å²) in [4.78, 5) is 57.4. The van der Waals surface area contributed by atoms with Gasteiger partial charge in [0.15, 0.2) is 0 Å². The lowest BCUT2D eigenvalue weighted by Gasteiger charge is -2.16. The number of hydrogen-bond donors (Lipinski definition) is 1. The Labute approximate surface area is 246 Å². The molecule has 0 spiro atoms. The smallest absolute Gasteiger partial charge is 0.327 e. The quantitative estimate of drug-likeness (QED) is 0.121. The van der Waals surface area contributed by atoms with Crippen molar-refractivity contribution in [1.82, 2.24) is 23.7 Å². The minimum atomic E-state index is -0.612. The van der Waals surface area contributed by atoms with Crippen molar-refractivity contribution in [3.05, 3.63) is 59.9 Å². The average Bonchev–Trinajstić information content (AvgIpc) is 2.98. The van der Waals surface area contributed by atoms with Crippen LogP contribution < -0.4 is 22.5 Å². The van der Waals surface area contributed by atoms with Crippen LogP contribution in [0.25, 0.3) is 32.8 Å². The zero-order valence-corrected chi connectivity index (χ0v) is 25.7. The van der Waals surface area contributed by atoms with Crippen molar-refractivity contribution in [3.63, 3.8) is 0 Å². The molecule has 0 aliphatic heterocycles. The molecule has 3 aromatic heterocycles. The van der Waals surface area contributed by atoms with Crippen molar-refractivity contribution in [3.8, 4) is 0 Å². The van der Waals surface area contributed by atoms with E-state index in [0.29, 0.717) is 33.9 Å². The number of rotatable bonds is 17. The number of pyridine rings is 1. The molecule has 0 bridgehead atoms. The lowest BCUT2D eigenvalue weighted by Crippen LogP contribution is -2.33. The highest BCUT2D eigenvalue weighted by Gasteiger charge is 2.15. The summed E-state index contributed by atoms with van der Waals surface area (Å²) < 4.78 is 3.97. The van der Waals surface area contributed by atoms with Gasteiger partial charge in [-0.15, -0.1) is 0 Å². The predicted molar refractivity (Wildman–Crippen MR) is 172 cm³/mol. The van der Waals surface area contributed by atoms with Crippen LogP contribution in [0.2, 0.25) is 0 Å². The molecule has 0 radical (unpaired) electrons. The van der Waals surface area contributed by atoms with Gasteiger partial charge >= 0.3 is 11.4 Å². The molecule has 0 saturated heterocycles. The van der Waals surface area contributed by atoms with Crippen LogP contribution in [0.5, 0.6) is 0 Å². The molecule has 1 N–H and O–H groups in total. The standard InChI is InChI=1S/C33H47N5O4/c1-4-5-6-7-8-9-10-11-12-13-14-15-16-17-18-19-20-38-28-23-27-25(30(39)36(2)32(41)34-27)21-24(28)22-26-29(38)35-33(42)37(3)31(26)40/h21-23H,4-20H2,1-3H3,(H,35,42). The highest BCUT2D eigenvalue weighted by molar-refractivity contribution is 5.99. The summed E-state index contributed by atoms with van der Waals surface area (Å²) in [5.74, 6) is 0. The average molecular weight is 578 g/mol. The third kappa shape index (κ3) is 7.47. The van der Waals surface area contributed by atoms with Gasteiger partial charge in [0.1, 0.15) is 5.65 Å². The van der Waals surface area contributed by atoms with E-state index in [-0.39, 0.29) is 0 Å². The summed E-state index contributed by atoms with van der Waals surface area (Å²) in [6.07, 6.45) is 20.5. The van der Waals surface area contributed by atoms with Gasteiger partial charge in [-0.2, -0.15) is 4.98 Å². The second kappa shape index (κ2) is 15.1. The Morgan fingerprint density at radius 3 is 1.71 bits per heavy atom. The number of hydrogen-bond acceptors (Lipinski definition) is 5. The second-order valence-electron chi connectivity index (χ2n) is 11.8. The van der Waals surface area contributed by atoms with E-state index >= 15 is 0 Å².